The lowest BCUT2D eigenvalue weighted by atomic mass is 9.73. The van der Waals surface area contributed by atoms with Crippen LogP contribution in [0.4, 0.5) is 10.2 Å². The highest BCUT2D eigenvalue weighted by molar-refractivity contribution is 6.00. The maximum Gasteiger partial charge on any atom is 0.163 e. The van der Waals surface area contributed by atoms with Gasteiger partial charge in [0.2, 0.25) is 0 Å². The van der Waals surface area contributed by atoms with Crippen LogP contribution in [0.1, 0.15) is 43.9 Å². The molecule has 0 bridgehead atoms. The Morgan fingerprint density at radius 3 is 2.84 bits per heavy atom. The molecule has 6 heteroatoms. The largest absolute Gasteiger partial charge is 0.342 e. The van der Waals surface area contributed by atoms with E-state index in [9.17, 15) is 14.4 Å². The molecule has 1 aliphatic heterocycles. The van der Waals surface area contributed by atoms with E-state index >= 15 is 0 Å². The summed E-state index contributed by atoms with van der Waals surface area (Å²) in [6.45, 7) is 4.07. The molecule has 0 amide bonds. The topological polar surface area (TPSA) is 70.7 Å². The van der Waals surface area contributed by atoms with Gasteiger partial charge in [-0.2, -0.15) is 10.4 Å². The predicted molar refractivity (Wildman–Crippen MR) is 90.2 cm³/mol. The number of halogens is 1. The van der Waals surface area contributed by atoms with Gasteiger partial charge in [0, 0.05) is 23.3 Å². The van der Waals surface area contributed by atoms with Gasteiger partial charge < -0.3 is 5.32 Å². The van der Waals surface area contributed by atoms with Crippen molar-refractivity contribution >= 4 is 11.6 Å². The van der Waals surface area contributed by atoms with Crippen LogP contribution in [0.15, 0.2) is 41.7 Å². The van der Waals surface area contributed by atoms with Crippen molar-refractivity contribution in [3.63, 3.8) is 0 Å². The number of benzene rings is 1. The molecule has 0 unspecified atom stereocenters. The van der Waals surface area contributed by atoms with Gasteiger partial charge in [0.05, 0.1) is 6.20 Å². The Kier molecular flexibility index (Phi) is 3.29. The number of aromatic nitrogens is 2. The number of nitriles is 1. The average molecular weight is 336 g/mol. The number of ketones is 1. The predicted octanol–water partition coefficient (Wildman–Crippen LogP) is 3.55. The standard InChI is InChI=1S/C19H17FN4O/c1-19(2)7-14-16(15(25)8-19)17(12-5-3-4-6-13(12)20)24-18(23-14)11(9-21)10-22-24/h3-6,10,17,23H,7-8H2,1-2H3/t17-/m1/s1. The molecule has 0 spiro atoms. The third-order valence-corrected chi connectivity index (χ3v) is 4.82. The molecule has 1 aromatic heterocycles. The van der Waals surface area contributed by atoms with E-state index in [4.69, 9.17) is 0 Å². The lowest BCUT2D eigenvalue weighted by molar-refractivity contribution is -0.118. The van der Waals surface area contributed by atoms with E-state index < -0.39 is 6.04 Å². The van der Waals surface area contributed by atoms with Crippen LogP contribution in [-0.4, -0.2) is 15.6 Å². The third kappa shape index (κ3) is 2.35. The van der Waals surface area contributed by atoms with E-state index in [-0.39, 0.29) is 17.0 Å². The second kappa shape index (κ2) is 5.28. The van der Waals surface area contributed by atoms with Crippen molar-refractivity contribution in [2.75, 3.05) is 5.32 Å². The molecule has 2 heterocycles. The number of allylic oxidation sites excluding steroid dienone is 2. The Morgan fingerprint density at radius 1 is 1.36 bits per heavy atom. The molecule has 0 fully saturated rings. The van der Waals surface area contributed by atoms with Gasteiger partial charge in [-0.05, 0) is 17.9 Å². The van der Waals surface area contributed by atoms with Crippen LogP contribution in [0.3, 0.4) is 0 Å². The molecule has 126 valence electrons. The van der Waals surface area contributed by atoms with Gasteiger partial charge in [-0.1, -0.05) is 32.0 Å². The Labute approximate surface area is 144 Å². The molecule has 25 heavy (non-hydrogen) atoms. The van der Waals surface area contributed by atoms with Crippen molar-refractivity contribution in [2.45, 2.75) is 32.7 Å². The monoisotopic (exact) mass is 336 g/mol. The van der Waals surface area contributed by atoms with E-state index in [0.717, 1.165) is 5.70 Å². The first-order valence-electron chi connectivity index (χ1n) is 8.16. The Balaban J connectivity index is 1.98. The van der Waals surface area contributed by atoms with Crippen LogP contribution in [0.5, 0.6) is 0 Å². The minimum Gasteiger partial charge on any atom is -0.342 e. The van der Waals surface area contributed by atoms with E-state index in [2.05, 4.69) is 16.5 Å². The van der Waals surface area contributed by atoms with E-state index in [1.165, 1.54) is 12.3 Å². The summed E-state index contributed by atoms with van der Waals surface area (Å²) in [5.74, 6) is 0.116. The zero-order valence-electron chi connectivity index (χ0n) is 14.0. The third-order valence-electron chi connectivity index (χ3n) is 4.82. The van der Waals surface area contributed by atoms with Gasteiger partial charge >= 0.3 is 0 Å². The number of nitrogens with one attached hydrogen (secondary N) is 1. The Morgan fingerprint density at radius 2 is 2.12 bits per heavy atom. The molecule has 1 atom stereocenters. The minimum absolute atomic E-state index is 0.00772. The molecule has 0 saturated carbocycles. The molecular formula is C19H17FN4O. The normalized spacial score (nSPS) is 21.2. The summed E-state index contributed by atoms with van der Waals surface area (Å²) in [4.78, 5) is 12.9. The summed E-state index contributed by atoms with van der Waals surface area (Å²) in [7, 11) is 0. The number of carbonyl (C=O) groups is 1. The highest BCUT2D eigenvalue weighted by Crippen LogP contribution is 2.46. The van der Waals surface area contributed by atoms with Gasteiger partial charge in [-0.25, -0.2) is 9.07 Å². The quantitative estimate of drug-likeness (QED) is 0.864. The first-order chi connectivity index (χ1) is 11.9. The number of anilines is 1. The Bertz CT molecular complexity index is 964. The maximum absolute atomic E-state index is 14.5. The zero-order valence-corrected chi connectivity index (χ0v) is 14.0. The Hall–Kier alpha value is -2.94. The van der Waals surface area contributed by atoms with Crippen molar-refractivity contribution in [3.8, 4) is 6.07 Å². The highest BCUT2D eigenvalue weighted by Gasteiger charge is 2.42. The zero-order chi connectivity index (χ0) is 17.8. The number of Topliss-reactive ketones (excluding diaryl/α,β-unsaturated/α-hetero) is 1. The van der Waals surface area contributed by atoms with E-state index in [0.29, 0.717) is 35.4 Å². The van der Waals surface area contributed by atoms with Crippen molar-refractivity contribution in [1.82, 2.24) is 9.78 Å². The van der Waals surface area contributed by atoms with Crippen LogP contribution in [0.25, 0.3) is 0 Å². The van der Waals surface area contributed by atoms with Gasteiger partial charge in [0.1, 0.15) is 29.3 Å². The molecule has 2 aliphatic rings. The summed E-state index contributed by atoms with van der Waals surface area (Å²) < 4.78 is 16.1. The summed E-state index contributed by atoms with van der Waals surface area (Å²) >= 11 is 0. The maximum atomic E-state index is 14.5. The van der Waals surface area contributed by atoms with Crippen LogP contribution < -0.4 is 5.32 Å². The fourth-order valence-corrected chi connectivity index (χ4v) is 3.78. The molecule has 1 N–H and O–H groups in total. The highest BCUT2D eigenvalue weighted by atomic mass is 19.1. The van der Waals surface area contributed by atoms with Crippen molar-refractivity contribution in [2.24, 2.45) is 5.41 Å². The molecule has 0 saturated heterocycles. The molecule has 1 aliphatic carbocycles. The first-order valence-corrected chi connectivity index (χ1v) is 8.16. The number of fused-ring (bicyclic) bond motifs is 1. The second-order valence-electron chi connectivity index (χ2n) is 7.35. The average Bonchev–Trinajstić information content (AvgIpc) is 2.95. The fraction of sp³-hybridized carbons (Fsp3) is 0.316. The number of carbonyl (C=O) groups excluding carboxylic acids is 1. The fourth-order valence-electron chi connectivity index (χ4n) is 3.78. The van der Waals surface area contributed by atoms with Crippen molar-refractivity contribution in [1.29, 1.82) is 5.26 Å². The molecule has 0 radical (unpaired) electrons. The van der Waals surface area contributed by atoms with Crippen molar-refractivity contribution in [3.05, 3.63) is 58.7 Å². The number of nitrogens with zero attached hydrogens (tertiary/aromatic N) is 3. The van der Waals surface area contributed by atoms with Crippen LogP contribution in [0.2, 0.25) is 0 Å². The number of rotatable bonds is 1. The van der Waals surface area contributed by atoms with Crippen LogP contribution in [-0.2, 0) is 4.79 Å². The summed E-state index contributed by atoms with van der Waals surface area (Å²) in [6.07, 6.45) is 2.51. The summed E-state index contributed by atoms with van der Waals surface area (Å²) in [6, 6.07) is 7.85. The second-order valence-corrected chi connectivity index (χ2v) is 7.35. The lowest BCUT2D eigenvalue weighted by Crippen LogP contribution is -2.36. The molecule has 4 rings (SSSR count). The minimum atomic E-state index is -0.654. The lowest BCUT2D eigenvalue weighted by Gasteiger charge is -2.38. The molecule has 1 aromatic carbocycles. The smallest absolute Gasteiger partial charge is 0.163 e. The van der Waals surface area contributed by atoms with Crippen LogP contribution in [0, 0.1) is 22.6 Å². The summed E-state index contributed by atoms with van der Waals surface area (Å²) in [5.41, 5.74) is 1.89. The van der Waals surface area contributed by atoms with E-state index in [1.807, 2.05) is 13.8 Å². The van der Waals surface area contributed by atoms with Gasteiger partial charge in [0.15, 0.2) is 5.78 Å². The molecular weight excluding hydrogens is 319 g/mol. The van der Waals surface area contributed by atoms with E-state index in [1.54, 1.807) is 22.9 Å². The van der Waals surface area contributed by atoms with Crippen molar-refractivity contribution < 1.29 is 9.18 Å². The van der Waals surface area contributed by atoms with Crippen LogP contribution >= 0.6 is 0 Å². The molecule has 2 aromatic rings. The molecule has 5 nitrogen and oxygen atoms in total. The van der Waals surface area contributed by atoms with Gasteiger partial charge in [-0.3, -0.25) is 4.79 Å². The summed E-state index contributed by atoms with van der Waals surface area (Å²) in [5, 5.41) is 16.8. The number of hydrogen-bond acceptors (Lipinski definition) is 4. The van der Waals surface area contributed by atoms with Gasteiger partial charge in [0.25, 0.3) is 0 Å². The number of hydrogen-bond donors (Lipinski definition) is 1. The first kappa shape index (κ1) is 15.6. The van der Waals surface area contributed by atoms with Gasteiger partial charge in [-0.15, -0.1) is 0 Å². The SMILES string of the molecule is CC1(C)CC(=O)C2=C(C1)Nc1c(C#N)cnn1[C@@H]2c1ccccc1F.